The predicted octanol–water partition coefficient (Wildman–Crippen LogP) is 2.27. The van der Waals surface area contributed by atoms with Crippen molar-refractivity contribution in [2.45, 2.75) is 6.54 Å². The third kappa shape index (κ3) is 2.33. The van der Waals surface area contributed by atoms with Crippen LogP contribution >= 0.6 is 15.9 Å². The molecule has 2 aromatic rings. The first-order valence-electron chi connectivity index (χ1n) is 5.28. The molecule has 0 unspecified atom stereocenters. The quantitative estimate of drug-likeness (QED) is 0.923. The van der Waals surface area contributed by atoms with E-state index < -0.39 is 0 Å². The molecule has 1 aromatic carbocycles. The highest BCUT2D eigenvalue weighted by Gasteiger charge is 2.06. The molecule has 88 valence electrons. The summed E-state index contributed by atoms with van der Waals surface area (Å²) < 4.78 is 2.62. The van der Waals surface area contributed by atoms with Crippen molar-refractivity contribution in [2.24, 2.45) is 12.8 Å². The Bertz CT molecular complexity index is 605. The molecule has 0 bridgehead atoms. The molecule has 2 rings (SSSR count). The minimum atomic E-state index is -0.0371. The van der Waals surface area contributed by atoms with Crippen LogP contribution in [0, 0.1) is 0 Å². The highest BCUT2D eigenvalue weighted by molar-refractivity contribution is 9.10. The first-order valence-corrected chi connectivity index (χ1v) is 6.07. The number of aromatic nitrogens is 1. The molecule has 0 saturated carbocycles. The van der Waals surface area contributed by atoms with Gasteiger partial charge in [-0.05, 0) is 23.8 Å². The van der Waals surface area contributed by atoms with E-state index in [0.29, 0.717) is 5.56 Å². The number of rotatable bonds is 2. The molecule has 1 heterocycles. The van der Waals surface area contributed by atoms with Gasteiger partial charge in [0.2, 0.25) is 0 Å². The Morgan fingerprint density at radius 1 is 1.29 bits per heavy atom. The number of hydrogen-bond donors (Lipinski definition) is 1. The Labute approximate surface area is 108 Å². The van der Waals surface area contributed by atoms with Crippen LogP contribution in [0.5, 0.6) is 0 Å². The van der Waals surface area contributed by atoms with Crippen LogP contribution in [-0.2, 0) is 13.6 Å². The summed E-state index contributed by atoms with van der Waals surface area (Å²) in [4.78, 5) is 12.0. The summed E-state index contributed by atoms with van der Waals surface area (Å²) in [6, 6.07) is 11.6. The van der Waals surface area contributed by atoms with Crippen molar-refractivity contribution in [3.05, 3.63) is 56.8 Å². The summed E-state index contributed by atoms with van der Waals surface area (Å²) in [6.45, 7) is 0.269. The van der Waals surface area contributed by atoms with Crippen LogP contribution < -0.4 is 11.3 Å². The van der Waals surface area contributed by atoms with Crippen molar-refractivity contribution in [2.75, 3.05) is 0 Å². The zero-order valence-corrected chi connectivity index (χ0v) is 11.1. The van der Waals surface area contributed by atoms with Crippen molar-refractivity contribution in [1.82, 2.24) is 4.57 Å². The maximum absolute atomic E-state index is 12.0. The number of nitrogens with zero attached hydrogens (tertiary/aromatic N) is 1. The monoisotopic (exact) mass is 292 g/mol. The van der Waals surface area contributed by atoms with Crippen LogP contribution in [0.1, 0.15) is 5.56 Å². The van der Waals surface area contributed by atoms with E-state index in [2.05, 4.69) is 15.9 Å². The van der Waals surface area contributed by atoms with E-state index in [-0.39, 0.29) is 12.1 Å². The van der Waals surface area contributed by atoms with E-state index in [1.807, 2.05) is 30.3 Å². The topological polar surface area (TPSA) is 48.0 Å². The fourth-order valence-corrected chi connectivity index (χ4v) is 2.18. The third-order valence-electron chi connectivity index (χ3n) is 2.72. The fourth-order valence-electron chi connectivity index (χ4n) is 1.78. The molecule has 0 saturated heterocycles. The van der Waals surface area contributed by atoms with Gasteiger partial charge in [-0.15, -0.1) is 0 Å². The zero-order valence-electron chi connectivity index (χ0n) is 9.48. The molecule has 4 heteroatoms. The second kappa shape index (κ2) is 4.85. The molecule has 2 N–H and O–H groups in total. The molecule has 0 fully saturated rings. The lowest BCUT2D eigenvalue weighted by Gasteiger charge is -2.10. The molecule has 0 aliphatic rings. The molecular formula is C13H13BrN2O. The van der Waals surface area contributed by atoms with Crippen molar-refractivity contribution < 1.29 is 0 Å². The predicted molar refractivity (Wildman–Crippen MR) is 72.7 cm³/mol. The molecule has 0 aliphatic heterocycles. The molecule has 3 nitrogen and oxygen atoms in total. The van der Waals surface area contributed by atoms with E-state index in [4.69, 9.17) is 5.73 Å². The maximum Gasteiger partial charge on any atom is 0.255 e. The maximum atomic E-state index is 12.0. The fraction of sp³-hybridized carbons (Fsp3) is 0.154. The number of benzene rings is 1. The summed E-state index contributed by atoms with van der Waals surface area (Å²) in [5, 5.41) is 0. The average molecular weight is 293 g/mol. The Balaban J connectivity index is 2.62. The summed E-state index contributed by atoms with van der Waals surface area (Å²) in [7, 11) is 1.76. The van der Waals surface area contributed by atoms with Crippen molar-refractivity contribution in [3.63, 3.8) is 0 Å². The van der Waals surface area contributed by atoms with Gasteiger partial charge in [-0.2, -0.15) is 0 Å². The van der Waals surface area contributed by atoms with Crippen LogP contribution in [0.4, 0.5) is 0 Å². The van der Waals surface area contributed by atoms with Gasteiger partial charge in [-0.25, -0.2) is 0 Å². The lowest BCUT2D eigenvalue weighted by Crippen LogP contribution is -2.23. The van der Waals surface area contributed by atoms with Crippen molar-refractivity contribution in [1.29, 1.82) is 0 Å². The van der Waals surface area contributed by atoms with Gasteiger partial charge in [0.1, 0.15) is 0 Å². The van der Waals surface area contributed by atoms with E-state index in [0.717, 1.165) is 15.7 Å². The van der Waals surface area contributed by atoms with Crippen molar-refractivity contribution in [3.8, 4) is 11.3 Å². The highest BCUT2D eigenvalue weighted by Crippen LogP contribution is 2.21. The minimum absolute atomic E-state index is 0.0371. The molecule has 0 spiro atoms. The molecule has 1 aromatic heterocycles. The van der Waals surface area contributed by atoms with E-state index >= 15 is 0 Å². The second-order valence-electron chi connectivity index (χ2n) is 3.82. The molecule has 0 aliphatic carbocycles. The Morgan fingerprint density at radius 3 is 2.71 bits per heavy atom. The van der Waals surface area contributed by atoms with Gasteiger partial charge in [0.25, 0.3) is 5.56 Å². The Morgan fingerprint density at radius 2 is 2.06 bits per heavy atom. The smallest absolute Gasteiger partial charge is 0.255 e. The Kier molecular flexibility index (Phi) is 3.45. The number of hydrogen-bond acceptors (Lipinski definition) is 2. The van der Waals surface area contributed by atoms with Crippen LogP contribution in [-0.4, -0.2) is 4.57 Å². The van der Waals surface area contributed by atoms with Crippen LogP contribution in [0.15, 0.2) is 45.7 Å². The number of pyridine rings is 1. The number of nitrogens with two attached hydrogens (primary N) is 1. The minimum Gasteiger partial charge on any atom is -0.326 e. The summed E-state index contributed by atoms with van der Waals surface area (Å²) in [5.74, 6) is 0. The van der Waals surface area contributed by atoms with Gasteiger partial charge in [-0.3, -0.25) is 4.79 Å². The van der Waals surface area contributed by atoms with E-state index in [1.165, 1.54) is 0 Å². The van der Waals surface area contributed by atoms with E-state index in [9.17, 15) is 4.79 Å². The average Bonchev–Trinajstić information content (AvgIpc) is 2.32. The first kappa shape index (κ1) is 12.1. The van der Waals surface area contributed by atoms with Gasteiger partial charge in [0.05, 0.1) is 5.69 Å². The molecule has 0 amide bonds. The zero-order chi connectivity index (χ0) is 12.4. The van der Waals surface area contributed by atoms with Gasteiger partial charge in [-0.1, -0.05) is 34.1 Å². The summed E-state index contributed by atoms with van der Waals surface area (Å²) >= 11 is 3.42. The first-order chi connectivity index (χ1) is 8.13. The van der Waals surface area contributed by atoms with Gasteiger partial charge >= 0.3 is 0 Å². The van der Waals surface area contributed by atoms with Crippen LogP contribution in [0.3, 0.4) is 0 Å². The van der Waals surface area contributed by atoms with Gasteiger partial charge < -0.3 is 10.3 Å². The lowest BCUT2D eigenvalue weighted by molar-refractivity contribution is 0.839. The van der Waals surface area contributed by atoms with Crippen LogP contribution in [0.2, 0.25) is 0 Å². The van der Waals surface area contributed by atoms with Gasteiger partial charge in [0, 0.05) is 23.6 Å². The molecule has 0 radical (unpaired) electrons. The Hall–Kier alpha value is -1.39. The summed E-state index contributed by atoms with van der Waals surface area (Å²) in [5.41, 5.74) is 7.99. The largest absolute Gasteiger partial charge is 0.326 e. The van der Waals surface area contributed by atoms with Gasteiger partial charge in [0.15, 0.2) is 0 Å². The SMILES string of the molecule is Cn1c(-c2cccc(Br)c2)ccc(CN)c1=O. The lowest BCUT2D eigenvalue weighted by atomic mass is 10.1. The molecule has 17 heavy (non-hydrogen) atoms. The standard InChI is InChI=1S/C13H13BrN2O/c1-16-12(6-5-10(8-15)13(16)17)9-3-2-4-11(14)7-9/h2-7H,8,15H2,1H3. The highest BCUT2D eigenvalue weighted by atomic mass is 79.9. The van der Waals surface area contributed by atoms with Crippen molar-refractivity contribution >= 4 is 15.9 Å². The normalized spacial score (nSPS) is 10.5. The third-order valence-corrected chi connectivity index (χ3v) is 3.22. The van der Waals surface area contributed by atoms with E-state index in [1.54, 1.807) is 17.7 Å². The molecule has 0 atom stereocenters. The van der Waals surface area contributed by atoms with Crippen LogP contribution in [0.25, 0.3) is 11.3 Å². The molecular weight excluding hydrogens is 280 g/mol. The number of halogens is 1. The second-order valence-corrected chi connectivity index (χ2v) is 4.74. The summed E-state index contributed by atoms with van der Waals surface area (Å²) in [6.07, 6.45) is 0.